The predicted molar refractivity (Wildman–Crippen MR) is 79.0 cm³/mol. The maximum atomic E-state index is 12.5. The Morgan fingerprint density at radius 1 is 1.20 bits per heavy atom. The molecule has 0 unspecified atom stereocenters. The predicted octanol–water partition coefficient (Wildman–Crippen LogP) is 2.95. The highest BCUT2D eigenvalue weighted by molar-refractivity contribution is 7.89. The lowest BCUT2D eigenvalue weighted by Gasteiger charge is -2.20. The van der Waals surface area contributed by atoms with Crippen LogP contribution >= 0.6 is 11.6 Å². The van der Waals surface area contributed by atoms with Crippen LogP contribution in [0, 0.1) is 0 Å². The average molecular weight is 311 g/mol. The van der Waals surface area contributed by atoms with Crippen molar-refractivity contribution in [3.05, 3.63) is 59.4 Å². The van der Waals surface area contributed by atoms with Crippen molar-refractivity contribution in [2.24, 2.45) is 0 Å². The Bertz CT molecular complexity index is 675. The Morgan fingerprint density at radius 3 is 2.55 bits per heavy atom. The lowest BCUT2D eigenvalue weighted by Crippen LogP contribution is -2.30. The van der Waals surface area contributed by atoms with E-state index in [4.69, 9.17) is 11.6 Å². The molecule has 0 fully saturated rings. The third kappa shape index (κ3) is 3.17. The molecule has 20 heavy (non-hydrogen) atoms. The molecule has 106 valence electrons. The molecule has 0 aliphatic carbocycles. The first-order chi connectivity index (χ1) is 9.55. The van der Waals surface area contributed by atoms with Gasteiger partial charge in [-0.15, -0.1) is 0 Å². The number of halogens is 1. The fraction of sp³-hybridized carbons (Fsp3) is 0.214. The number of nitrogens with zero attached hydrogens (tertiary/aromatic N) is 2. The van der Waals surface area contributed by atoms with E-state index >= 15 is 0 Å². The van der Waals surface area contributed by atoms with E-state index in [1.54, 1.807) is 25.3 Å². The molecule has 6 heteroatoms. The summed E-state index contributed by atoms with van der Waals surface area (Å²) in [6.07, 6.45) is 2.90. The zero-order chi connectivity index (χ0) is 14.6. The van der Waals surface area contributed by atoms with Crippen LogP contribution in [0.25, 0.3) is 0 Å². The summed E-state index contributed by atoms with van der Waals surface area (Å²) < 4.78 is 26.4. The normalized spacial score (nSPS) is 11.8. The van der Waals surface area contributed by atoms with Crippen LogP contribution in [0.4, 0.5) is 0 Å². The lowest BCUT2D eigenvalue weighted by molar-refractivity contribution is 0.423. The molecular weight excluding hydrogens is 296 g/mol. The quantitative estimate of drug-likeness (QED) is 0.853. The standard InChI is InChI=1S/C14H15ClN2O2S/c1-2-17(11-12-6-3-4-8-14(12)15)20(18,19)13-7-5-9-16-10-13/h3-10H,2,11H2,1H3. The van der Waals surface area contributed by atoms with Gasteiger partial charge >= 0.3 is 0 Å². The summed E-state index contributed by atoms with van der Waals surface area (Å²) in [5.41, 5.74) is 0.781. The largest absolute Gasteiger partial charge is 0.263 e. The molecule has 0 saturated carbocycles. The van der Waals surface area contributed by atoms with Gasteiger partial charge in [0.15, 0.2) is 0 Å². The van der Waals surface area contributed by atoms with Crippen LogP contribution in [0.3, 0.4) is 0 Å². The van der Waals surface area contributed by atoms with Crippen molar-refractivity contribution in [1.82, 2.24) is 9.29 Å². The molecule has 0 spiro atoms. The van der Waals surface area contributed by atoms with Gasteiger partial charge in [0.2, 0.25) is 10.0 Å². The van der Waals surface area contributed by atoms with Gasteiger partial charge in [0.05, 0.1) is 0 Å². The monoisotopic (exact) mass is 310 g/mol. The van der Waals surface area contributed by atoms with Gasteiger partial charge in [0.25, 0.3) is 0 Å². The molecule has 1 aromatic heterocycles. The second-order valence-corrected chi connectivity index (χ2v) is 6.56. The van der Waals surface area contributed by atoms with Crippen LogP contribution < -0.4 is 0 Å². The number of benzene rings is 1. The van der Waals surface area contributed by atoms with Crippen LogP contribution in [0.2, 0.25) is 5.02 Å². The topological polar surface area (TPSA) is 50.3 Å². The lowest BCUT2D eigenvalue weighted by atomic mass is 10.2. The van der Waals surface area contributed by atoms with E-state index in [1.165, 1.54) is 16.6 Å². The van der Waals surface area contributed by atoms with Gasteiger partial charge < -0.3 is 0 Å². The highest BCUT2D eigenvalue weighted by Crippen LogP contribution is 2.21. The second kappa shape index (κ2) is 6.35. The van der Waals surface area contributed by atoms with Crippen molar-refractivity contribution in [2.45, 2.75) is 18.4 Å². The van der Waals surface area contributed by atoms with E-state index < -0.39 is 10.0 Å². The molecule has 0 amide bonds. The number of sulfonamides is 1. The maximum Gasteiger partial charge on any atom is 0.244 e. The van der Waals surface area contributed by atoms with Crippen LogP contribution in [-0.4, -0.2) is 24.3 Å². The summed E-state index contributed by atoms with van der Waals surface area (Å²) in [4.78, 5) is 4.05. The minimum atomic E-state index is -3.55. The molecule has 4 nitrogen and oxygen atoms in total. The van der Waals surface area contributed by atoms with Crippen molar-refractivity contribution >= 4 is 21.6 Å². The Hall–Kier alpha value is -1.43. The van der Waals surface area contributed by atoms with Crippen molar-refractivity contribution in [3.8, 4) is 0 Å². The van der Waals surface area contributed by atoms with Gasteiger partial charge in [-0.3, -0.25) is 4.98 Å². The summed E-state index contributed by atoms with van der Waals surface area (Å²) in [5.74, 6) is 0. The SMILES string of the molecule is CCN(Cc1ccccc1Cl)S(=O)(=O)c1cccnc1. The summed E-state index contributed by atoms with van der Waals surface area (Å²) in [6, 6.07) is 10.4. The van der Waals surface area contributed by atoms with Crippen LogP contribution in [0.15, 0.2) is 53.7 Å². The fourth-order valence-corrected chi connectivity index (χ4v) is 3.42. The van der Waals surface area contributed by atoms with Crippen LogP contribution in [-0.2, 0) is 16.6 Å². The molecule has 0 radical (unpaired) electrons. The van der Waals surface area contributed by atoms with Crippen LogP contribution in [0.5, 0.6) is 0 Å². The van der Waals surface area contributed by atoms with E-state index in [2.05, 4.69) is 4.98 Å². The molecule has 1 aromatic carbocycles. The van der Waals surface area contributed by atoms with Crippen molar-refractivity contribution in [2.75, 3.05) is 6.54 Å². The van der Waals surface area contributed by atoms with Gasteiger partial charge in [-0.05, 0) is 23.8 Å². The molecule has 2 rings (SSSR count). The third-order valence-corrected chi connectivity index (χ3v) is 5.20. The molecular formula is C14H15ClN2O2S. The van der Waals surface area contributed by atoms with E-state index in [0.29, 0.717) is 11.6 Å². The first-order valence-corrected chi connectivity index (χ1v) is 8.01. The Kier molecular flexibility index (Phi) is 4.75. The zero-order valence-corrected chi connectivity index (χ0v) is 12.6. The summed E-state index contributed by atoms with van der Waals surface area (Å²) >= 11 is 6.09. The fourth-order valence-electron chi connectivity index (χ4n) is 1.83. The number of pyridine rings is 1. The van der Waals surface area contributed by atoms with Gasteiger partial charge in [-0.1, -0.05) is 36.7 Å². The van der Waals surface area contributed by atoms with E-state index in [-0.39, 0.29) is 11.4 Å². The summed E-state index contributed by atoms with van der Waals surface area (Å²) in [6.45, 7) is 2.40. The Labute approximate surface area is 124 Å². The maximum absolute atomic E-state index is 12.5. The minimum Gasteiger partial charge on any atom is -0.263 e. The zero-order valence-electron chi connectivity index (χ0n) is 11.0. The minimum absolute atomic E-state index is 0.189. The van der Waals surface area contributed by atoms with Gasteiger partial charge in [-0.25, -0.2) is 8.42 Å². The molecule has 0 aliphatic heterocycles. The number of hydrogen-bond acceptors (Lipinski definition) is 3. The second-order valence-electron chi connectivity index (χ2n) is 4.21. The Morgan fingerprint density at radius 2 is 1.95 bits per heavy atom. The third-order valence-electron chi connectivity index (χ3n) is 2.93. The molecule has 0 N–H and O–H groups in total. The van der Waals surface area contributed by atoms with E-state index in [0.717, 1.165) is 5.56 Å². The number of rotatable bonds is 5. The number of aromatic nitrogens is 1. The Balaban J connectivity index is 2.32. The summed E-state index contributed by atoms with van der Waals surface area (Å²) in [5, 5.41) is 0.562. The molecule has 0 bridgehead atoms. The highest BCUT2D eigenvalue weighted by atomic mass is 35.5. The van der Waals surface area contributed by atoms with E-state index in [1.807, 2.05) is 18.2 Å². The highest BCUT2D eigenvalue weighted by Gasteiger charge is 2.23. The molecule has 2 aromatic rings. The first-order valence-electron chi connectivity index (χ1n) is 6.19. The van der Waals surface area contributed by atoms with E-state index in [9.17, 15) is 8.42 Å². The van der Waals surface area contributed by atoms with Crippen molar-refractivity contribution in [3.63, 3.8) is 0 Å². The smallest absolute Gasteiger partial charge is 0.244 e. The van der Waals surface area contributed by atoms with Crippen LogP contribution in [0.1, 0.15) is 12.5 Å². The van der Waals surface area contributed by atoms with Gasteiger partial charge in [-0.2, -0.15) is 4.31 Å². The summed E-state index contributed by atoms with van der Waals surface area (Å²) in [7, 11) is -3.55. The number of hydrogen-bond donors (Lipinski definition) is 0. The van der Waals surface area contributed by atoms with Crippen molar-refractivity contribution in [1.29, 1.82) is 0 Å². The molecule has 0 saturated heterocycles. The van der Waals surface area contributed by atoms with Gasteiger partial charge in [0.1, 0.15) is 4.90 Å². The molecule has 1 heterocycles. The molecule has 0 atom stereocenters. The first kappa shape index (κ1) is 15.0. The van der Waals surface area contributed by atoms with Crippen molar-refractivity contribution < 1.29 is 8.42 Å². The molecule has 0 aliphatic rings. The average Bonchev–Trinajstić information content (AvgIpc) is 2.47. The van der Waals surface area contributed by atoms with Gasteiger partial charge in [0, 0.05) is 30.5 Å².